The number of aliphatic hydroxyl groups is 1. The number of aryl methyl sites for hydroxylation is 1. The first-order valence-corrected chi connectivity index (χ1v) is 6.14. The van der Waals surface area contributed by atoms with Gasteiger partial charge in [-0.05, 0) is 24.6 Å². The summed E-state index contributed by atoms with van der Waals surface area (Å²) in [5.74, 6) is 0.181. The number of phenols is 1. The number of hydrogen-bond donors (Lipinski definition) is 2. The lowest BCUT2D eigenvalue weighted by molar-refractivity contribution is 0.272. The van der Waals surface area contributed by atoms with Crippen molar-refractivity contribution in [1.82, 2.24) is 0 Å². The SMILES string of the molecule is COc1cc(N=Nc2ccccc2C)cc(CO)c1O. The van der Waals surface area contributed by atoms with Gasteiger partial charge in [0, 0.05) is 11.6 Å². The molecule has 0 aliphatic rings. The van der Waals surface area contributed by atoms with Crippen molar-refractivity contribution in [3.05, 3.63) is 47.5 Å². The molecule has 0 saturated carbocycles. The highest BCUT2D eigenvalue weighted by Gasteiger charge is 2.09. The molecule has 0 spiro atoms. The minimum Gasteiger partial charge on any atom is -0.504 e. The highest BCUT2D eigenvalue weighted by molar-refractivity contribution is 5.56. The molecular formula is C15H16N2O3. The van der Waals surface area contributed by atoms with Crippen LogP contribution in [0.5, 0.6) is 11.5 Å². The van der Waals surface area contributed by atoms with Crippen molar-refractivity contribution >= 4 is 11.4 Å². The first-order chi connectivity index (χ1) is 9.65. The maximum absolute atomic E-state index is 9.79. The van der Waals surface area contributed by atoms with Crippen molar-refractivity contribution in [2.45, 2.75) is 13.5 Å². The van der Waals surface area contributed by atoms with E-state index in [1.165, 1.54) is 7.11 Å². The summed E-state index contributed by atoms with van der Waals surface area (Å²) in [7, 11) is 1.44. The van der Waals surface area contributed by atoms with E-state index in [4.69, 9.17) is 4.74 Å². The third kappa shape index (κ3) is 2.95. The number of rotatable bonds is 4. The van der Waals surface area contributed by atoms with Crippen molar-refractivity contribution in [1.29, 1.82) is 0 Å². The molecule has 0 aromatic heterocycles. The molecule has 0 atom stereocenters. The lowest BCUT2D eigenvalue weighted by atomic mass is 10.1. The molecule has 0 saturated heterocycles. The molecule has 0 fully saturated rings. The standard InChI is InChI=1S/C15H16N2O3/c1-10-5-3-4-6-13(10)17-16-12-7-11(9-18)15(19)14(8-12)20-2/h3-8,18-19H,9H2,1-2H3. The van der Waals surface area contributed by atoms with Crippen LogP contribution in [0.25, 0.3) is 0 Å². The summed E-state index contributed by atoms with van der Waals surface area (Å²) in [6, 6.07) is 10.8. The zero-order valence-electron chi connectivity index (χ0n) is 11.4. The molecule has 0 amide bonds. The maximum atomic E-state index is 9.79. The van der Waals surface area contributed by atoms with Crippen LogP contribution in [-0.4, -0.2) is 17.3 Å². The third-order valence-electron chi connectivity index (χ3n) is 2.92. The number of aliphatic hydroxyl groups excluding tert-OH is 1. The molecule has 5 heteroatoms. The van der Waals surface area contributed by atoms with Crippen molar-refractivity contribution in [2.24, 2.45) is 10.2 Å². The Labute approximate surface area is 117 Å². The molecule has 0 bridgehead atoms. The maximum Gasteiger partial charge on any atom is 0.163 e. The summed E-state index contributed by atoms with van der Waals surface area (Å²) < 4.78 is 5.04. The van der Waals surface area contributed by atoms with Crippen molar-refractivity contribution in [3.8, 4) is 11.5 Å². The first kappa shape index (κ1) is 14.0. The number of aromatic hydroxyl groups is 1. The van der Waals surface area contributed by atoms with Gasteiger partial charge in [0.15, 0.2) is 11.5 Å². The summed E-state index contributed by atoms with van der Waals surface area (Å²) in [5, 5.41) is 27.3. The fraction of sp³-hybridized carbons (Fsp3) is 0.200. The quantitative estimate of drug-likeness (QED) is 0.835. The molecule has 0 aliphatic carbocycles. The minimum atomic E-state index is -0.296. The normalized spacial score (nSPS) is 10.9. The molecule has 5 nitrogen and oxygen atoms in total. The van der Waals surface area contributed by atoms with Gasteiger partial charge in [-0.2, -0.15) is 10.2 Å². The number of azo groups is 1. The summed E-state index contributed by atoms with van der Waals surface area (Å²) in [4.78, 5) is 0. The number of methoxy groups -OCH3 is 1. The Balaban J connectivity index is 2.36. The van der Waals surface area contributed by atoms with Crippen LogP contribution in [0.3, 0.4) is 0 Å². The third-order valence-corrected chi connectivity index (χ3v) is 2.92. The molecule has 2 rings (SSSR count). The highest BCUT2D eigenvalue weighted by atomic mass is 16.5. The Kier molecular flexibility index (Phi) is 4.32. The summed E-state index contributed by atoms with van der Waals surface area (Å²) >= 11 is 0. The zero-order chi connectivity index (χ0) is 14.5. The number of hydrogen-bond acceptors (Lipinski definition) is 5. The lowest BCUT2D eigenvalue weighted by Gasteiger charge is -2.08. The predicted octanol–water partition coefficient (Wildman–Crippen LogP) is 3.62. The van der Waals surface area contributed by atoms with Gasteiger partial charge in [0.25, 0.3) is 0 Å². The Bertz CT molecular complexity index is 614. The van der Waals surface area contributed by atoms with E-state index in [9.17, 15) is 10.2 Å². The topological polar surface area (TPSA) is 74.4 Å². The molecule has 0 radical (unpaired) electrons. The molecule has 0 heterocycles. The summed E-state index contributed by atoms with van der Waals surface area (Å²) in [6.45, 7) is 1.65. The summed E-state index contributed by atoms with van der Waals surface area (Å²) in [5.41, 5.74) is 2.64. The number of nitrogens with zero attached hydrogens (tertiary/aromatic N) is 2. The Hall–Kier alpha value is -2.40. The van der Waals surface area contributed by atoms with Gasteiger partial charge in [-0.15, -0.1) is 0 Å². The van der Waals surface area contributed by atoms with Gasteiger partial charge >= 0.3 is 0 Å². The monoisotopic (exact) mass is 272 g/mol. The van der Waals surface area contributed by atoms with Gasteiger partial charge in [0.1, 0.15) is 0 Å². The smallest absolute Gasteiger partial charge is 0.163 e. The zero-order valence-corrected chi connectivity index (χ0v) is 11.4. The second-order valence-corrected chi connectivity index (χ2v) is 4.30. The van der Waals surface area contributed by atoms with Gasteiger partial charge in [-0.25, -0.2) is 0 Å². The van der Waals surface area contributed by atoms with E-state index in [0.29, 0.717) is 11.3 Å². The largest absolute Gasteiger partial charge is 0.504 e. The first-order valence-electron chi connectivity index (χ1n) is 6.14. The Morgan fingerprint density at radius 3 is 2.55 bits per heavy atom. The van der Waals surface area contributed by atoms with E-state index < -0.39 is 0 Å². The lowest BCUT2D eigenvalue weighted by Crippen LogP contribution is -1.89. The van der Waals surface area contributed by atoms with E-state index >= 15 is 0 Å². The van der Waals surface area contributed by atoms with E-state index in [0.717, 1.165) is 11.3 Å². The van der Waals surface area contributed by atoms with E-state index in [1.54, 1.807) is 12.1 Å². The average molecular weight is 272 g/mol. The van der Waals surface area contributed by atoms with Crippen molar-refractivity contribution in [2.75, 3.05) is 7.11 Å². The van der Waals surface area contributed by atoms with E-state index in [2.05, 4.69) is 10.2 Å². The van der Waals surface area contributed by atoms with Gasteiger partial charge in [0.05, 0.1) is 25.1 Å². The van der Waals surface area contributed by atoms with Crippen molar-refractivity contribution < 1.29 is 14.9 Å². The fourth-order valence-electron chi connectivity index (χ4n) is 1.77. The number of benzene rings is 2. The van der Waals surface area contributed by atoms with Crippen LogP contribution in [0, 0.1) is 6.92 Å². The highest BCUT2D eigenvalue weighted by Crippen LogP contribution is 2.35. The van der Waals surface area contributed by atoms with Crippen LogP contribution in [-0.2, 0) is 6.61 Å². The molecule has 104 valence electrons. The average Bonchev–Trinajstić information content (AvgIpc) is 2.47. The van der Waals surface area contributed by atoms with Crippen molar-refractivity contribution in [3.63, 3.8) is 0 Å². The molecule has 20 heavy (non-hydrogen) atoms. The fourth-order valence-corrected chi connectivity index (χ4v) is 1.77. The summed E-state index contributed by atoms with van der Waals surface area (Å²) in [6.07, 6.45) is 0. The second kappa shape index (κ2) is 6.16. The van der Waals surface area contributed by atoms with Gasteiger partial charge in [0.2, 0.25) is 0 Å². The Morgan fingerprint density at radius 2 is 1.90 bits per heavy atom. The van der Waals surface area contributed by atoms with Gasteiger partial charge in [-0.1, -0.05) is 18.2 Å². The van der Waals surface area contributed by atoms with Crippen LogP contribution >= 0.6 is 0 Å². The molecular weight excluding hydrogens is 256 g/mol. The van der Waals surface area contributed by atoms with E-state index in [1.807, 2.05) is 31.2 Å². The van der Waals surface area contributed by atoms with Crippen LogP contribution in [0.15, 0.2) is 46.6 Å². The molecule has 2 aromatic rings. The molecule has 2 aromatic carbocycles. The van der Waals surface area contributed by atoms with Gasteiger partial charge < -0.3 is 14.9 Å². The molecule has 2 N–H and O–H groups in total. The van der Waals surface area contributed by atoms with E-state index in [-0.39, 0.29) is 18.1 Å². The van der Waals surface area contributed by atoms with Gasteiger partial charge in [-0.3, -0.25) is 0 Å². The van der Waals surface area contributed by atoms with Crippen LogP contribution in [0.2, 0.25) is 0 Å². The molecule has 0 unspecified atom stereocenters. The minimum absolute atomic E-state index is 0.0789. The molecule has 0 aliphatic heterocycles. The predicted molar refractivity (Wildman–Crippen MR) is 75.9 cm³/mol. The van der Waals surface area contributed by atoms with Crippen LogP contribution in [0.4, 0.5) is 11.4 Å². The number of ether oxygens (including phenoxy) is 1. The van der Waals surface area contributed by atoms with Crippen LogP contribution in [0.1, 0.15) is 11.1 Å². The van der Waals surface area contributed by atoms with Crippen LogP contribution < -0.4 is 4.74 Å². The second-order valence-electron chi connectivity index (χ2n) is 4.30. The Morgan fingerprint density at radius 1 is 1.15 bits per heavy atom.